The fraction of sp³-hybridized carbons (Fsp3) is 0.238. The minimum Gasteiger partial charge on any atom is -0.343 e. The van der Waals surface area contributed by atoms with Gasteiger partial charge in [0.2, 0.25) is 0 Å². The molecule has 10 nitrogen and oxygen atoms in total. The minimum absolute atomic E-state index is 0.0208. The first kappa shape index (κ1) is 20.0. The van der Waals surface area contributed by atoms with E-state index in [0.29, 0.717) is 16.1 Å². The molecule has 0 atom stereocenters. The second-order valence-electron chi connectivity index (χ2n) is 7.99. The lowest BCUT2D eigenvalue weighted by molar-refractivity contribution is 0.0939. The van der Waals surface area contributed by atoms with Gasteiger partial charge in [-0.05, 0) is 57.6 Å². The number of halogens is 2. The van der Waals surface area contributed by atoms with Crippen molar-refractivity contribution >= 4 is 33.0 Å². The SMILES string of the molecule is O=C(NCc1ncn2ccc(Br)c(F)c12)c1nnn(Cc2cn3cc(C4CC4)ccc3n2)n1. The fourth-order valence-corrected chi connectivity index (χ4v) is 4.11. The van der Waals surface area contributed by atoms with E-state index in [1.807, 2.05) is 16.7 Å². The van der Waals surface area contributed by atoms with Crippen LogP contribution in [0.4, 0.5) is 4.39 Å². The molecule has 0 radical (unpaired) electrons. The van der Waals surface area contributed by atoms with Gasteiger partial charge in [0, 0.05) is 18.6 Å². The Labute approximate surface area is 194 Å². The number of pyridine rings is 2. The van der Waals surface area contributed by atoms with Gasteiger partial charge in [0.25, 0.3) is 11.7 Å². The molecule has 6 rings (SSSR count). The highest BCUT2D eigenvalue weighted by atomic mass is 79.9. The van der Waals surface area contributed by atoms with Crippen molar-refractivity contribution in [3.63, 3.8) is 0 Å². The van der Waals surface area contributed by atoms with Crippen molar-refractivity contribution in [1.29, 1.82) is 0 Å². The molecule has 5 aromatic rings. The highest BCUT2D eigenvalue weighted by molar-refractivity contribution is 9.10. The van der Waals surface area contributed by atoms with E-state index in [1.165, 1.54) is 29.5 Å². The maximum Gasteiger partial charge on any atom is 0.293 e. The molecule has 12 heteroatoms. The summed E-state index contributed by atoms with van der Waals surface area (Å²) in [6.07, 6.45) is 9.69. The van der Waals surface area contributed by atoms with Gasteiger partial charge >= 0.3 is 0 Å². The molecule has 0 saturated heterocycles. The van der Waals surface area contributed by atoms with Gasteiger partial charge in [-0.3, -0.25) is 4.79 Å². The Morgan fingerprint density at radius 1 is 1.21 bits per heavy atom. The Kier molecular flexibility index (Phi) is 4.68. The van der Waals surface area contributed by atoms with Gasteiger partial charge in [-0.2, -0.15) is 4.80 Å². The Balaban J connectivity index is 1.14. The highest BCUT2D eigenvalue weighted by Gasteiger charge is 2.24. The predicted octanol–water partition coefficient (Wildman–Crippen LogP) is 2.73. The molecule has 0 aromatic carbocycles. The lowest BCUT2D eigenvalue weighted by atomic mass is 10.2. The van der Waals surface area contributed by atoms with Crippen LogP contribution < -0.4 is 5.32 Å². The third-order valence-electron chi connectivity index (χ3n) is 5.62. The molecule has 0 bridgehead atoms. The first-order valence-electron chi connectivity index (χ1n) is 10.4. The zero-order valence-electron chi connectivity index (χ0n) is 17.2. The molecule has 1 N–H and O–H groups in total. The molecule has 1 amide bonds. The van der Waals surface area contributed by atoms with E-state index >= 15 is 0 Å². The fourth-order valence-electron chi connectivity index (χ4n) is 3.80. The normalized spacial score (nSPS) is 13.8. The topological polar surface area (TPSA) is 107 Å². The largest absolute Gasteiger partial charge is 0.343 e. The van der Waals surface area contributed by atoms with Crippen molar-refractivity contribution in [3.8, 4) is 0 Å². The predicted molar refractivity (Wildman–Crippen MR) is 118 cm³/mol. The van der Waals surface area contributed by atoms with Gasteiger partial charge < -0.3 is 14.1 Å². The van der Waals surface area contributed by atoms with E-state index in [-0.39, 0.29) is 24.4 Å². The van der Waals surface area contributed by atoms with E-state index in [4.69, 9.17) is 0 Å². The Hall–Kier alpha value is -3.67. The number of hydrogen-bond donors (Lipinski definition) is 1. The van der Waals surface area contributed by atoms with Crippen LogP contribution in [0.3, 0.4) is 0 Å². The number of hydrogen-bond acceptors (Lipinski definition) is 6. The number of nitrogens with zero attached hydrogens (tertiary/aromatic N) is 8. The molecule has 5 heterocycles. The van der Waals surface area contributed by atoms with Gasteiger partial charge in [0.05, 0.1) is 28.7 Å². The number of carbonyl (C=O) groups is 1. The summed E-state index contributed by atoms with van der Waals surface area (Å²) in [5.74, 6) is -0.390. The molecule has 5 aromatic heterocycles. The van der Waals surface area contributed by atoms with Gasteiger partial charge in [-0.25, -0.2) is 14.4 Å². The second-order valence-corrected chi connectivity index (χ2v) is 8.84. The van der Waals surface area contributed by atoms with Crippen LogP contribution in [0.2, 0.25) is 0 Å². The summed E-state index contributed by atoms with van der Waals surface area (Å²) >= 11 is 3.16. The quantitative estimate of drug-likeness (QED) is 0.377. The molecule has 0 spiro atoms. The number of tetrazole rings is 1. The second kappa shape index (κ2) is 7.73. The Morgan fingerprint density at radius 3 is 2.94 bits per heavy atom. The first-order chi connectivity index (χ1) is 16.0. The molecule has 0 aliphatic heterocycles. The number of rotatable bonds is 6. The highest BCUT2D eigenvalue weighted by Crippen LogP contribution is 2.39. The Morgan fingerprint density at radius 2 is 2.09 bits per heavy atom. The van der Waals surface area contributed by atoms with Gasteiger partial charge in [0.15, 0.2) is 5.82 Å². The van der Waals surface area contributed by atoms with Crippen LogP contribution in [0.25, 0.3) is 11.2 Å². The smallest absolute Gasteiger partial charge is 0.293 e. The van der Waals surface area contributed by atoms with Crippen molar-refractivity contribution in [2.75, 3.05) is 0 Å². The van der Waals surface area contributed by atoms with E-state index < -0.39 is 11.7 Å². The van der Waals surface area contributed by atoms with Crippen LogP contribution in [0, 0.1) is 5.82 Å². The number of nitrogens with one attached hydrogen (secondary N) is 1. The zero-order valence-corrected chi connectivity index (χ0v) is 18.8. The van der Waals surface area contributed by atoms with Crippen LogP contribution in [-0.2, 0) is 13.1 Å². The summed E-state index contributed by atoms with van der Waals surface area (Å²) in [6, 6.07) is 5.71. The zero-order chi connectivity index (χ0) is 22.5. The molecule has 0 unspecified atom stereocenters. The Bertz CT molecular complexity index is 1520. The van der Waals surface area contributed by atoms with Crippen molar-refractivity contribution in [3.05, 3.63) is 76.2 Å². The number of amides is 1. The molecular weight excluding hydrogens is 493 g/mol. The van der Waals surface area contributed by atoms with Crippen molar-refractivity contribution in [2.45, 2.75) is 31.8 Å². The first-order valence-corrected chi connectivity index (χ1v) is 11.2. The standard InChI is InChI=1S/C21H17BrFN9O/c22-15-5-6-30-11-25-16(19(30)18(15)23)7-24-21(33)20-27-29-32(28-20)10-14-9-31-8-13(12-1-2-12)3-4-17(31)26-14/h3-6,8-9,11-12H,1-2,7,10H2,(H,24,33). The van der Waals surface area contributed by atoms with E-state index in [0.717, 1.165) is 11.3 Å². The minimum atomic E-state index is -0.526. The van der Waals surface area contributed by atoms with Gasteiger partial charge in [0.1, 0.15) is 17.7 Å². The molecule has 1 fully saturated rings. The van der Waals surface area contributed by atoms with Crippen LogP contribution in [0.15, 0.2) is 47.6 Å². The van der Waals surface area contributed by atoms with E-state index in [9.17, 15) is 9.18 Å². The lowest BCUT2D eigenvalue weighted by Crippen LogP contribution is -2.24. The van der Waals surface area contributed by atoms with Crippen molar-refractivity contribution < 1.29 is 9.18 Å². The number of carbonyl (C=O) groups excluding carboxylic acids is 1. The summed E-state index contributed by atoms with van der Waals surface area (Å²) in [6.45, 7) is 0.304. The maximum atomic E-state index is 14.4. The molecule has 166 valence electrons. The molecule has 1 saturated carbocycles. The third kappa shape index (κ3) is 3.75. The summed E-state index contributed by atoms with van der Waals surface area (Å²) < 4.78 is 18.3. The maximum absolute atomic E-state index is 14.4. The summed E-state index contributed by atoms with van der Waals surface area (Å²) in [5.41, 5.74) is 3.61. The lowest BCUT2D eigenvalue weighted by Gasteiger charge is -2.03. The van der Waals surface area contributed by atoms with Crippen LogP contribution in [-0.4, -0.2) is 44.9 Å². The average molecular weight is 510 g/mol. The summed E-state index contributed by atoms with van der Waals surface area (Å²) in [7, 11) is 0. The summed E-state index contributed by atoms with van der Waals surface area (Å²) in [5, 5.41) is 14.6. The number of aromatic nitrogens is 8. The molecule has 33 heavy (non-hydrogen) atoms. The van der Waals surface area contributed by atoms with Crippen LogP contribution in [0.1, 0.15) is 46.3 Å². The molecule has 1 aliphatic rings. The van der Waals surface area contributed by atoms with E-state index in [2.05, 4.69) is 58.9 Å². The third-order valence-corrected chi connectivity index (χ3v) is 6.23. The van der Waals surface area contributed by atoms with Gasteiger partial charge in [-0.1, -0.05) is 6.07 Å². The molecule has 1 aliphatic carbocycles. The number of fused-ring (bicyclic) bond motifs is 2. The average Bonchev–Trinajstić information content (AvgIpc) is 3.23. The van der Waals surface area contributed by atoms with Crippen molar-refractivity contribution in [2.24, 2.45) is 0 Å². The van der Waals surface area contributed by atoms with Crippen molar-refractivity contribution in [1.82, 2.24) is 44.3 Å². The van der Waals surface area contributed by atoms with Gasteiger partial charge in [-0.15, -0.1) is 10.2 Å². The van der Waals surface area contributed by atoms with Crippen LogP contribution in [0.5, 0.6) is 0 Å². The monoisotopic (exact) mass is 509 g/mol. The summed E-state index contributed by atoms with van der Waals surface area (Å²) in [4.78, 5) is 22.6. The number of imidazole rings is 2. The van der Waals surface area contributed by atoms with E-state index in [1.54, 1.807) is 16.7 Å². The molecular formula is C21H17BrFN9O. The van der Waals surface area contributed by atoms with Crippen LogP contribution >= 0.6 is 15.9 Å².